The predicted octanol–water partition coefficient (Wildman–Crippen LogP) is 3.05. The molecule has 5 nitrogen and oxygen atoms in total. The summed E-state index contributed by atoms with van der Waals surface area (Å²) in [5, 5.41) is 13.7. The van der Waals surface area contributed by atoms with Gasteiger partial charge in [-0.15, -0.1) is 5.10 Å². The van der Waals surface area contributed by atoms with Crippen molar-refractivity contribution in [3.8, 4) is 5.69 Å². The topological polar surface area (TPSA) is 68.0 Å². The van der Waals surface area contributed by atoms with E-state index in [9.17, 15) is 4.79 Å². The summed E-state index contributed by atoms with van der Waals surface area (Å²) in [4.78, 5) is 15.1. The number of rotatable bonds is 3. The molecule has 0 aliphatic heterocycles. The van der Waals surface area contributed by atoms with Crippen LogP contribution in [0.4, 0.5) is 0 Å². The number of aromatic nitrogens is 3. The van der Waals surface area contributed by atoms with Crippen LogP contribution in [0.3, 0.4) is 0 Å². The second-order valence-electron chi connectivity index (χ2n) is 4.55. The van der Waals surface area contributed by atoms with E-state index in [1.54, 1.807) is 16.8 Å². The lowest BCUT2D eigenvalue weighted by Gasteiger charge is -2.11. The first kappa shape index (κ1) is 13.5. The average Bonchev–Trinajstić information content (AvgIpc) is 2.77. The van der Waals surface area contributed by atoms with Crippen LogP contribution in [0.5, 0.6) is 0 Å². The summed E-state index contributed by atoms with van der Waals surface area (Å²) in [5.74, 6) is -0.690. The summed E-state index contributed by atoms with van der Waals surface area (Å²) >= 11 is 6.09. The van der Waals surface area contributed by atoms with Crippen molar-refractivity contribution in [1.29, 1.82) is 0 Å². The molecule has 1 N–H and O–H groups in total. The van der Waals surface area contributed by atoms with Crippen molar-refractivity contribution < 1.29 is 9.90 Å². The Balaban J connectivity index is 2.67. The second-order valence-corrected chi connectivity index (χ2v) is 4.96. The first-order valence-electron chi connectivity index (χ1n) is 5.87. The summed E-state index contributed by atoms with van der Waals surface area (Å²) in [5.41, 5.74) is 1.59. The maximum Gasteiger partial charge on any atom is 0.375 e. The highest BCUT2D eigenvalue weighted by Crippen LogP contribution is 2.24. The Labute approximate surface area is 115 Å². The van der Waals surface area contributed by atoms with Crippen LogP contribution in [0.25, 0.3) is 5.69 Å². The molecule has 0 aliphatic rings. The third kappa shape index (κ3) is 2.46. The van der Waals surface area contributed by atoms with Gasteiger partial charge in [0.25, 0.3) is 5.82 Å². The molecule has 2 rings (SSSR count). The molecule has 0 bridgehead atoms. The number of halogens is 1. The Morgan fingerprint density at radius 1 is 1.42 bits per heavy atom. The van der Waals surface area contributed by atoms with E-state index in [2.05, 4.69) is 10.1 Å². The number of hydrogen-bond donors (Lipinski definition) is 1. The summed E-state index contributed by atoms with van der Waals surface area (Å²) in [6, 6.07) is 5.43. The number of benzene rings is 1. The van der Waals surface area contributed by atoms with E-state index >= 15 is 0 Å². The van der Waals surface area contributed by atoms with Crippen LogP contribution in [0, 0.1) is 6.92 Å². The monoisotopic (exact) mass is 279 g/mol. The third-order valence-corrected chi connectivity index (χ3v) is 3.22. The Bertz CT molecular complexity index is 635. The molecule has 0 aliphatic carbocycles. The Morgan fingerprint density at radius 2 is 2.11 bits per heavy atom. The van der Waals surface area contributed by atoms with Crippen molar-refractivity contribution >= 4 is 17.6 Å². The van der Waals surface area contributed by atoms with Gasteiger partial charge >= 0.3 is 5.97 Å². The summed E-state index contributed by atoms with van der Waals surface area (Å²) < 4.78 is 1.55. The van der Waals surface area contributed by atoms with Crippen molar-refractivity contribution in [2.75, 3.05) is 0 Å². The number of carboxylic acids is 1. The van der Waals surface area contributed by atoms with E-state index in [0.29, 0.717) is 10.8 Å². The van der Waals surface area contributed by atoms with Gasteiger partial charge in [0, 0.05) is 10.9 Å². The smallest absolute Gasteiger partial charge is 0.375 e. The van der Waals surface area contributed by atoms with E-state index in [1.165, 1.54) is 0 Å². The molecule has 0 atom stereocenters. The van der Waals surface area contributed by atoms with Gasteiger partial charge in [0.05, 0.1) is 5.69 Å². The lowest BCUT2D eigenvalue weighted by atomic mass is 10.1. The molecule has 19 heavy (non-hydrogen) atoms. The third-order valence-electron chi connectivity index (χ3n) is 2.81. The number of hydrogen-bond acceptors (Lipinski definition) is 3. The van der Waals surface area contributed by atoms with E-state index in [-0.39, 0.29) is 11.7 Å². The molecular formula is C13H14ClN3O2. The fourth-order valence-corrected chi connectivity index (χ4v) is 1.96. The summed E-state index contributed by atoms with van der Waals surface area (Å²) in [6.45, 7) is 5.74. The largest absolute Gasteiger partial charge is 0.475 e. The molecule has 0 amide bonds. The van der Waals surface area contributed by atoms with Gasteiger partial charge in [-0.2, -0.15) is 0 Å². The molecular weight excluding hydrogens is 266 g/mol. The highest BCUT2D eigenvalue weighted by molar-refractivity contribution is 6.31. The first-order chi connectivity index (χ1) is 8.91. The second kappa shape index (κ2) is 5.01. The van der Waals surface area contributed by atoms with Gasteiger partial charge in [0.1, 0.15) is 5.82 Å². The van der Waals surface area contributed by atoms with Crippen LogP contribution in [-0.2, 0) is 0 Å². The lowest BCUT2D eigenvalue weighted by Crippen LogP contribution is -2.06. The van der Waals surface area contributed by atoms with Gasteiger partial charge in [0.15, 0.2) is 0 Å². The maximum absolute atomic E-state index is 11.0. The quantitative estimate of drug-likeness (QED) is 0.937. The molecule has 6 heteroatoms. The average molecular weight is 280 g/mol. The first-order valence-corrected chi connectivity index (χ1v) is 6.25. The fourth-order valence-electron chi connectivity index (χ4n) is 1.79. The van der Waals surface area contributed by atoms with Gasteiger partial charge in [-0.05, 0) is 24.6 Å². The van der Waals surface area contributed by atoms with E-state index in [0.717, 1.165) is 11.3 Å². The standard InChI is InChI=1S/C13H14ClN3O2/c1-7(2)12-15-11(13(18)19)16-17(12)10-6-4-5-9(14)8(10)3/h4-7H,1-3H3,(H,18,19). The van der Waals surface area contributed by atoms with Crippen LogP contribution < -0.4 is 0 Å². The van der Waals surface area contributed by atoms with Gasteiger partial charge in [-0.25, -0.2) is 14.5 Å². The van der Waals surface area contributed by atoms with Crippen molar-refractivity contribution in [2.24, 2.45) is 0 Å². The summed E-state index contributed by atoms with van der Waals surface area (Å²) in [6.07, 6.45) is 0. The summed E-state index contributed by atoms with van der Waals surface area (Å²) in [7, 11) is 0. The van der Waals surface area contributed by atoms with Gasteiger partial charge in [-0.1, -0.05) is 31.5 Å². The maximum atomic E-state index is 11.0. The molecule has 2 aromatic rings. The molecule has 0 radical (unpaired) electrons. The van der Waals surface area contributed by atoms with Crippen LogP contribution in [-0.4, -0.2) is 25.8 Å². The molecule has 0 saturated heterocycles. The van der Waals surface area contributed by atoms with Crippen molar-refractivity contribution in [1.82, 2.24) is 14.8 Å². The minimum Gasteiger partial charge on any atom is -0.475 e. The van der Waals surface area contributed by atoms with Crippen LogP contribution >= 0.6 is 11.6 Å². The predicted molar refractivity (Wildman–Crippen MR) is 72.2 cm³/mol. The Hall–Kier alpha value is -1.88. The molecule has 0 saturated carbocycles. The molecule has 1 aromatic carbocycles. The van der Waals surface area contributed by atoms with E-state index in [4.69, 9.17) is 16.7 Å². The lowest BCUT2D eigenvalue weighted by molar-refractivity contribution is 0.0683. The van der Waals surface area contributed by atoms with Crippen LogP contribution in [0.2, 0.25) is 5.02 Å². The number of nitrogens with zero attached hydrogens (tertiary/aromatic N) is 3. The highest BCUT2D eigenvalue weighted by Gasteiger charge is 2.19. The highest BCUT2D eigenvalue weighted by atomic mass is 35.5. The van der Waals surface area contributed by atoms with Gasteiger partial charge < -0.3 is 5.11 Å². The van der Waals surface area contributed by atoms with Crippen LogP contribution in [0.1, 0.15) is 41.8 Å². The van der Waals surface area contributed by atoms with E-state index < -0.39 is 5.97 Å². The normalized spacial score (nSPS) is 11.0. The van der Waals surface area contributed by atoms with E-state index in [1.807, 2.05) is 26.8 Å². The molecule has 1 heterocycles. The zero-order valence-electron chi connectivity index (χ0n) is 10.9. The fraction of sp³-hybridized carbons (Fsp3) is 0.308. The van der Waals surface area contributed by atoms with Crippen LogP contribution in [0.15, 0.2) is 18.2 Å². The number of aromatic carboxylic acids is 1. The molecule has 0 unspecified atom stereocenters. The Morgan fingerprint density at radius 3 is 2.68 bits per heavy atom. The number of carbonyl (C=O) groups is 1. The van der Waals surface area contributed by atoms with Crippen molar-refractivity contribution in [3.05, 3.63) is 40.4 Å². The molecule has 100 valence electrons. The molecule has 0 spiro atoms. The number of carboxylic acid groups (broad SMARTS) is 1. The Kier molecular flexibility index (Phi) is 3.57. The van der Waals surface area contributed by atoms with Gasteiger partial charge in [0.2, 0.25) is 0 Å². The zero-order chi connectivity index (χ0) is 14.2. The molecule has 1 aromatic heterocycles. The van der Waals surface area contributed by atoms with Crippen molar-refractivity contribution in [3.63, 3.8) is 0 Å². The zero-order valence-corrected chi connectivity index (χ0v) is 11.6. The molecule has 0 fully saturated rings. The minimum absolute atomic E-state index is 0.0546. The minimum atomic E-state index is -1.14. The van der Waals surface area contributed by atoms with Gasteiger partial charge in [-0.3, -0.25) is 0 Å². The SMILES string of the molecule is Cc1c(Cl)cccc1-n1nc(C(=O)O)nc1C(C)C. The van der Waals surface area contributed by atoms with Crippen molar-refractivity contribution in [2.45, 2.75) is 26.7 Å².